The molecule has 6 heteroatoms. The molecule has 0 aromatic heterocycles. The van der Waals surface area contributed by atoms with Crippen LogP contribution in [0.4, 0.5) is 0 Å². The summed E-state index contributed by atoms with van der Waals surface area (Å²) in [7, 11) is 0. The molecule has 0 radical (unpaired) electrons. The summed E-state index contributed by atoms with van der Waals surface area (Å²) in [6.45, 7) is 17.6. The van der Waals surface area contributed by atoms with Crippen LogP contribution >= 0.6 is 9.90 Å². The Morgan fingerprint density at radius 1 is 1.00 bits per heavy atom. The third-order valence-electron chi connectivity index (χ3n) is 6.20. The Hall–Kier alpha value is -0.510. The molecular weight excluding hydrogens is 407 g/mol. The predicted octanol–water partition coefficient (Wildman–Crippen LogP) is 5.49. The lowest BCUT2D eigenvalue weighted by Crippen LogP contribution is -2.42. The molecule has 0 bridgehead atoms. The fraction of sp³-hybridized carbons (Fsp3) is 0.920. The maximum atomic E-state index is 12.3. The molecular formula is C25H57N2O3P. The SMILES string of the molecule is CCC(C)CCC(=O)N1CCCC1C(=O)C(C)CC.CCC(C)CO.CCC(C)N.P.[HH]. The van der Waals surface area contributed by atoms with Gasteiger partial charge in [0.25, 0.3) is 0 Å². The molecule has 1 heterocycles. The van der Waals surface area contributed by atoms with Crippen LogP contribution in [0.2, 0.25) is 0 Å². The summed E-state index contributed by atoms with van der Waals surface area (Å²) < 4.78 is 0. The highest BCUT2D eigenvalue weighted by atomic mass is 31.0. The molecule has 3 N–H and O–H groups in total. The topological polar surface area (TPSA) is 83.6 Å². The van der Waals surface area contributed by atoms with Crippen molar-refractivity contribution in [3.8, 4) is 0 Å². The molecule has 0 aromatic carbocycles. The van der Waals surface area contributed by atoms with Gasteiger partial charge in [0.1, 0.15) is 0 Å². The lowest BCUT2D eigenvalue weighted by atomic mass is 9.95. The first kappa shape index (κ1) is 35.1. The Kier molecular flexibility index (Phi) is 24.2. The molecule has 1 fully saturated rings. The molecule has 1 aliphatic rings. The number of carbonyl (C=O) groups is 2. The van der Waals surface area contributed by atoms with Gasteiger partial charge < -0.3 is 15.7 Å². The van der Waals surface area contributed by atoms with Gasteiger partial charge in [0.2, 0.25) is 5.91 Å². The van der Waals surface area contributed by atoms with E-state index in [1.165, 1.54) is 0 Å². The minimum Gasteiger partial charge on any atom is -0.396 e. The van der Waals surface area contributed by atoms with E-state index >= 15 is 0 Å². The average molecular weight is 465 g/mol. The van der Waals surface area contributed by atoms with Crippen molar-refractivity contribution in [1.29, 1.82) is 0 Å². The van der Waals surface area contributed by atoms with Crippen LogP contribution in [0.5, 0.6) is 0 Å². The van der Waals surface area contributed by atoms with Crippen LogP contribution in [0.3, 0.4) is 0 Å². The Bertz CT molecular complexity index is 449. The van der Waals surface area contributed by atoms with Crippen LogP contribution in [0.25, 0.3) is 0 Å². The second kappa shape index (κ2) is 21.3. The van der Waals surface area contributed by atoms with Crippen LogP contribution in [0.15, 0.2) is 0 Å². The van der Waals surface area contributed by atoms with Gasteiger partial charge in [-0.3, -0.25) is 9.59 Å². The third-order valence-corrected chi connectivity index (χ3v) is 6.20. The summed E-state index contributed by atoms with van der Waals surface area (Å²) in [4.78, 5) is 26.4. The molecule has 5 nitrogen and oxygen atoms in total. The minimum absolute atomic E-state index is 0. The van der Waals surface area contributed by atoms with Crippen molar-refractivity contribution < 1.29 is 16.1 Å². The van der Waals surface area contributed by atoms with E-state index in [0.29, 0.717) is 30.9 Å². The second-order valence-electron chi connectivity index (χ2n) is 9.09. The fourth-order valence-corrected chi connectivity index (χ4v) is 2.74. The van der Waals surface area contributed by atoms with Crippen molar-refractivity contribution in [2.24, 2.45) is 23.5 Å². The first-order chi connectivity index (χ1) is 14.1. The van der Waals surface area contributed by atoms with Crippen molar-refractivity contribution in [2.45, 2.75) is 119 Å². The minimum atomic E-state index is -0.139. The zero-order valence-electron chi connectivity index (χ0n) is 22.0. The maximum Gasteiger partial charge on any atom is 0.223 e. The number of rotatable bonds is 10. The molecule has 1 aliphatic heterocycles. The van der Waals surface area contributed by atoms with Crippen molar-refractivity contribution in [3.63, 3.8) is 0 Å². The average Bonchev–Trinajstić information content (AvgIpc) is 3.26. The van der Waals surface area contributed by atoms with Crippen LogP contribution in [0.1, 0.15) is 108 Å². The zero-order valence-corrected chi connectivity index (χ0v) is 23.4. The van der Waals surface area contributed by atoms with Gasteiger partial charge in [0, 0.05) is 33.0 Å². The molecule has 0 saturated carbocycles. The number of ketones is 1. The van der Waals surface area contributed by atoms with E-state index in [1.807, 2.05) is 32.6 Å². The van der Waals surface area contributed by atoms with Crippen LogP contribution < -0.4 is 5.73 Å². The van der Waals surface area contributed by atoms with Gasteiger partial charge in [-0.15, -0.1) is 0 Å². The van der Waals surface area contributed by atoms with Gasteiger partial charge in [-0.1, -0.05) is 61.3 Å². The summed E-state index contributed by atoms with van der Waals surface area (Å²) in [5.74, 6) is 1.60. The summed E-state index contributed by atoms with van der Waals surface area (Å²) in [6, 6.07) is 0.245. The first-order valence-corrected chi connectivity index (χ1v) is 12.3. The third kappa shape index (κ3) is 16.7. The van der Waals surface area contributed by atoms with Gasteiger partial charge >= 0.3 is 0 Å². The number of amides is 1. The van der Waals surface area contributed by atoms with E-state index in [2.05, 4.69) is 27.7 Å². The number of nitrogens with zero attached hydrogens (tertiary/aromatic N) is 1. The Morgan fingerprint density at radius 2 is 1.52 bits per heavy atom. The zero-order chi connectivity index (χ0) is 23.7. The Labute approximate surface area is 198 Å². The largest absolute Gasteiger partial charge is 0.396 e. The fourth-order valence-electron chi connectivity index (χ4n) is 2.74. The van der Waals surface area contributed by atoms with Crippen molar-refractivity contribution >= 4 is 21.6 Å². The Morgan fingerprint density at radius 3 is 1.87 bits per heavy atom. The highest BCUT2D eigenvalue weighted by molar-refractivity contribution is 6.92. The van der Waals surface area contributed by atoms with Gasteiger partial charge in [-0.2, -0.15) is 9.90 Å². The van der Waals surface area contributed by atoms with Crippen molar-refractivity contribution in [1.82, 2.24) is 4.90 Å². The number of aliphatic hydroxyl groups excluding tert-OH is 1. The number of hydrogen-bond acceptors (Lipinski definition) is 4. The number of likely N-dealkylation sites (tertiary alicyclic amines) is 1. The molecule has 0 aliphatic carbocycles. The van der Waals surface area contributed by atoms with E-state index in [4.69, 9.17) is 10.8 Å². The summed E-state index contributed by atoms with van der Waals surface area (Å²) in [6.07, 6.45) is 7.51. The predicted molar refractivity (Wildman–Crippen MR) is 142 cm³/mol. The number of Topliss-reactive ketones (excluding diaryl/α,β-unsaturated/α-hetero) is 1. The highest BCUT2D eigenvalue weighted by Crippen LogP contribution is 2.24. The molecule has 190 valence electrons. The van der Waals surface area contributed by atoms with Crippen molar-refractivity contribution in [2.75, 3.05) is 13.2 Å². The summed E-state index contributed by atoms with van der Waals surface area (Å²) in [5, 5.41) is 8.33. The lowest BCUT2D eigenvalue weighted by molar-refractivity contribution is -0.139. The number of carbonyl (C=O) groups excluding carboxylic acids is 2. The number of nitrogens with two attached hydrogens (primary N) is 1. The normalized spacial score (nSPS) is 18.9. The smallest absolute Gasteiger partial charge is 0.223 e. The first-order valence-electron chi connectivity index (χ1n) is 12.3. The summed E-state index contributed by atoms with van der Waals surface area (Å²) in [5.41, 5.74) is 5.29. The van der Waals surface area contributed by atoms with E-state index in [-0.39, 0.29) is 35.0 Å². The van der Waals surface area contributed by atoms with Crippen LogP contribution in [0, 0.1) is 17.8 Å². The van der Waals surface area contributed by atoms with E-state index in [9.17, 15) is 9.59 Å². The maximum absolute atomic E-state index is 12.3. The molecule has 1 amide bonds. The van der Waals surface area contributed by atoms with Gasteiger partial charge in [-0.05, 0) is 50.9 Å². The lowest BCUT2D eigenvalue weighted by Gasteiger charge is -2.26. The van der Waals surface area contributed by atoms with Crippen LogP contribution in [-0.4, -0.2) is 46.9 Å². The molecule has 1 rings (SSSR count). The Balaban J connectivity index is -0.000000252. The van der Waals surface area contributed by atoms with Crippen molar-refractivity contribution in [3.05, 3.63) is 0 Å². The van der Waals surface area contributed by atoms with Gasteiger partial charge in [0.15, 0.2) is 5.78 Å². The molecule has 31 heavy (non-hydrogen) atoms. The second-order valence-corrected chi connectivity index (χ2v) is 9.09. The highest BCUT2D eigenvalue weighted by Gasteiger charge is 2.35. The number of hydrogen-bond donors (Lipinski definition) is 2. The van der Waals surface area contributed by atoms with Crippen LogP contribution in [-0.2, 0) is 9.59 Å². The standard InChI is InChI=1S/C16H29NO2.C5H12O.C4H11N.H3P.H2/c1-5-12(3)9-10-15(18)17-11-7-8-14(17)16(19)13(4)6-2;1-3-5(2)4-6;1-3-4(2)5;;/h12-14H,5-11H2,1-4H3;5-6H,3-4H2,1-2H3;4H,3,5H2,1-2H3;1H3;1H. The van der Waals surface area contributed by atoms with E-state index in [1.54, 1.807) is 0 Å². The van der Waals surface area contributed by atoms with Gasteiger partial charge in [0.05, 0.1) is 6.04 Å². The quantitative estimate of drug-likeness (QED) is 0.419. The summed E-state index contributed by atoms with van der Waals surface area (Å²) >= 11 is 0. The molecule has 0 spiro atoms. The monoisotopic (exact) mass is 464 g/mol. The molecule has 1 saturated heterocycles. The van der Waals surface area contributed by atoms with E-state index < -0.39 is 0 Å². The molecule has 0 aromatic rings. The molecule has 6 atom stereocenters. The number of aliphatic hydroxyl groups is 1. The van der Waals surface area contributed by atoms with Gasteiger partial charge in [-0.25, -0.2) is 0 Å². The van der Waals surface area contributed by atoms with E-state index in [0.717, 1.165) is 51.5 Å². The molecule has 6 unspecified atom stereocenters.